The summed E-state index contributed by atoms with van der Waals surface area (Å²) in [5, 5.41) is 9.49. The lowest BCUT2D eigenvalue weighted by atomic mass is 10.1. The number of hydrogen-bond acceptors (Lipinski definition) is 5. The molecule has 26 heavy (non-hydrogen) atoms. The molecule has 0 aliphatic carbocycles. The number of esters is 1. The quantitative estimate of drug-likeness (QED) is 0.536. The summed E-state index contributed by atoms with van der Waals surface area (Å²) in [5.41, 5.74) is 2.62. The Balaban J connectivity index is 1.38. The normalized spacial score (nSPS) is 11.0. The van der Waals surface area contributed by atoms with E-state index < -0.39 is 0 Å². The number of fused-ring (bicyclic) bond motifs is 1. The summed E-state index contributed by atoms with van der Waals surface area (Å²) in [6, 6.07) is 14.8. The van der Waals surface area contributed by atoms with Gasteiger partial charge in [0.05, 0.1) is 6.42 Å². The molecule has 0 aliphatic heterocycles. The Labute approximate surface area is 153 Å². The van der Waals surface area contributed by atoms with Crippen molar-refractivity contribution in [3.63, 3.8) is 0 Å². The lowest BCUT2D eigenvalue weighted by Gasteiger charge is -2.01. The molecule has 0 bridgehead atoms. The van der Waals surface area contributed by atoms with Gasteiger partial charge in [0, 0.05) is 27.7 Å². The highest BCUT2D eigenvalue weighted by Gasteiger charge is 2.13. The van der Waals surface area contributed by atoms with E-state index in [1.54, 1.807) is 24.3 Å². The number of ether oxygens (including phenoxy) is 1. The summed E-state index contributed by atoms with van der Waals surface area (Å²) in [6.45, 7) is -0.0677. The summed E-state index contributed by atoms with van der Waals surface area (Å²) in [6.07, 6.45) is 1.99. The van der Waals surface area contributed by atoms with E-state index in [0.29, 0.717) is 10.9 Å². The number of nitrogens with zero attached hydrogens (tertiary/aromatic N) is 2. The monoisotopic (exact) mass is 367 g/mol. The molecule has 1 N–H and O–H groups in total. The molecule has 6 nitrogen and oxygen atoms in total. The molecule has 0 atom stereocenters. The van der Waals surface area contributed by atoms with Crippen LogP contribution in [0.2, 0.25) is 5.02 Å². The number of para-hydroxylation sites is 1. The van der Waals surface area contributed by atoms with Gasteiger partial charge in [-0.3, -0.25) is 4.79 Å². The van der Waals surface area contributed by atoms with Crippen LogP contribution in [0, 0.1) is 0 Å². The standard InChI is InChI=1S/C19H14ClN3O3/c20-14-7-5-12(6-8-14)19-23-22-17(26-19)11-25-18(24)9-13-10-21-16-4-2-1-3-15(13)16/h1-8,10,21H,9,11H2. The Kier molecular flexibility index (Phi) is 4.41. The Hall–Kier alpha value is -3.12. The van der Waals surface area contributed by atoms with Crippen molar-refractivity contribution >= 4 is 28.5 Å². The van der Waals surface area contributed by atoms with E-state index in [1.165, 1.54) is 0 Å². The third-order valence-electron chi connectivity index (χ3n) is 3.92. The molecule has 0 saturated heterocycles. The van der Waals surface area contributed by atoms with Crippen LogP contribution in [0.15, 0.2) is 59.1 Å². The van der Waals surface area contributed by atoms with Gasteiger partial charge in [0.15, 0.2) is 6.61 Å². The van der Waals surface area contributed by atoms with Crippen molar-refractivity contribution < 1.29 is 13.9 Å². The predicted molar refractivity (Wildman–Crippen MR) is 96.5 cm³/mol. The van der Waals surface area contributed by atoms with Crippen molar-refractivity contribution in [2.24, 2.45) is 0 Å². The zero-order valence-electron chi connectivity index (χ0n) is 13.6. The molecule has 0 unspecified atom stereocenters. The van der Waals surface area contributed by atoms with E-state index in [2.05, 4.69) is 15.2 Å². The van der Waals surface area contributed by atoms with Crippen LogP contribution in [0.3, 0.4) is 0 Å². The topological polar surface area (TPSA) is 81.0 Å². The second kappa shape index (κ2) is 7.01. The van der Waals surface area contributed by atoms with Crippen LogP contribution in [-0.2, 0) is 22.6 Å². The Morgan fingerprint density at radius 3 is 2.77 bits per heavy atom. The van der Waals surface area contributed by atoms with Gasteiger partial charge in [0.2, 0.25) is 5.89 Å². The number of aromatic nitrogens is 3. The largest absolute Gasteiger partial charge is 0.455 e. The van der Waals surface area contributed by atoms with Gasteiger partial charge in [-0.1, -0.05) is 29.8 Å². The van der Waals surface area contributed by atoms with Crippen LogP contribution in [-0.4, -0.2) is 21.2 Å². The molecule has 2 aromatic heterocycles. The molecule has 0 aliphatic rings. The lowest BCUT2D eigenvalue weighted by Crippen LogP contribution is -2.07. The molecule has 4 aromatic rings. The summed E-state index contributed by atoms with van der Waals surface area (Å²) in [4.78, 5) is 15.2. The van der Waals surface area contributed by atoms with Crippen molar-refractivity contribution in [3.8, 4) is 11.5 Å². The summed E-state index contributed by atoms with van der Waals surface area (Å²) in [5.74, 6) is 0.229. The van der Waals surface area contributed by atoms with Crippen LogP contribution in [0.5, 0.6) is 0 Å². The van der Waals surface area contributed by atoms with Crippen LogP contribution in [0.25, 0.3) is 22.4 Å². The lowest BCUT2D eigenvalue weighted by molar-refractivity contribution is -0.144. The minimum absolute atomic E-state index is 0.0677. The van der Waals surface area contributed by atoms with Gasteiger partial charge in [0.1, 0.15) is 0 Å². The molecule has 130 valence electrons. The molecule has 0 spiro atoms. The smallest absolute Gasteiger partial charge is 0.310 e. The van der Waals surface area contributed by atoms with Crippen molar-refractivity contribution in [1.29, 1.82) is 0 Å². The van der Waals surface area contributed by atoms with E-state index in [0.717, 1.165) is 22.0 Å². The van der Waals surface area contributed by atoms with Crippen LogP contribution >= 0.6 is 11.6 Å². The van der Waals surface area contributed by atoms with Gasteiger partial charge in [-0.15, -0.1) is 10.2 Å². The molecule has 7 heteroatoms. The molecular formula is C19H14ClN3O3. The number of halogens is 1. The van der Waals surface area contributed by atoms with Crippen molar-refractivity contribution in [1.82, 2.24) is 15.2 Å². The number of aromatic amines is 1. The highest BCUT2D eigenvalue weighted by molar-refractivity contribution is 6.30. The van der Waals surface area contributed by atoms with Gasteiger partial charge in [-0.2, -0.15) is 0 Å². The first kappa shape index (κ1) is 16.4. The molecule has 4 rings (SSSR count). The molecule has 2 heterocycles. The van der Waals surface area contributed by atoms with E-state index in [9.17, 15) is 4.79 Å². The van der Waals surface area contributed by atoms with Crippen LogP contribution < -0.4 is 0 Å². The van der Waals surface area contributed by atoms with Gasteiger partial charge in [-0.05, 0) is 35.9 Å². The average Bonchev–Trinajstić information content (AvgIpc) is 3.28. The first-order valence-corrected chi connectivity index (χ1v) is 8.36. The molecule has 0 amide bonds. The number of hydrogen-bond donors (Lipinski definition) is 1. The predicted octanol–water partition coefficient (Wildman–Crippen LogP) is 4.16. The minimum Gasteiger partial charge on any atom is -0.455 e. The van der Waals surface area contributed by atoms with E-state index >= 15 is 0 Å². The Morgan fingerprint density at radius 2 is 1.92 bits per heavy atom. The number of carbonyl (C=O) groups excluding carboxylic acids is 1. The zero-order valence-corrected chi connectivity index (χ0v) is 14.4. The molecule has 0 fully saturated rings. The third-order valence-corrected chi connectivity index (χ3v) is 4.18. The Morgan fingerprint density at radius 1 is 1.12 bits per heavy atom. The summed E-state index contributed by atoms with van der Waals surface area (Å²) >= 11 is 5.86. The zero-order chi connectivity index (χ0) is 17.9. The molecule has 2 aromatic carbocycles. The van der Waals surface area contributed by atoms with E-state index in [-0.39, 0.29) is 24.9 Å². The maximum Gasteiger partial charge on any atom is 0.310 e. The maximum absolute atomic E-state index is 12.1. The number of carbonyl (C=O) groups is 1. The first-order valence-electron chi connectivity index (χ1n) is 7.98. The van der Waals surface area contributed by atoms with Gasteiger partial charge >= 0.3 is 5.97 Å². The van der Waals surface area contributed by atoms with Crippen molar-refractivity contribution in [2.45, 2.75) is 13.0 Å². The van der Waals surface area contributed by atoms with Gasteiger partial charge in [0.25, 0.3) is 5.89 Å². The van der Waals surface area contributed by atoms with E-state index in [1.807, 2.05) is 30.5 Å². The molecule has 0 radical (unpaired) electrons. The molecular weight excluding hydrogens is 354 g/mol. The van der Waals surface area contributed by atoms with Crippen LogP contribution in [0.4, 0.5) is 0 Å². The number of benzene rings is 2. The highest BCUT2D eigenvalue weighted by atomic mass is 35.5. The summed E-state index contributed by atoms with van der Waals surface area (Å²) in [7, 11) is 0. The summed E-state index contributed by atoms with van der Waals surface area (Å²) < 4.78 is 10.8. The first-order chi connectivity index (χ1) is 12.7. The second-order valence-corrected chi connectivity index (χ2v) is 6.14. The van der Waals surface area contributed by atoms with Gasteiger partial charge in [-0.25, -0.2) is 0 Å². The van der Waals surface area contributed by atoms with Gasteiger partial charge < -0.3 is 14.1 Å². The number of rotatable bonds is 5. The van der Waals surface area contributed by atoms with Crippen LogP contribution in [0.1, 0.15) is 11.5 Å². The van der Waals surface area contributed by atoms with Crippen molar-refractivity contribution in [2.75, 3.05) is 0 Å². The number of nitrogens with one attached hydrogen (secondary N) is 1. The van der Waals surface area contributed by atoms with E-state index in [4.69, 9.17) is 20.8 Å². The fraction of sp³-hybridized carbons (Fsp3) is 0.105. The second-order valence-electron chi connectivity index (χ2n) is 5.70. The fourth-order valence-electron chi connectivity index (χ4n) is 2.65. The SMILES string of the molecule is O=C(Cc1c[nH]c2ccccc12)OCc1nnc(-c2ccc(Cl)cc2)o1. The fourth-order valence-corrected chi connectivity index (χ4v) is 2.77. The maximum atomic E-state index is 12.1. The van der Waals surface area contributed by atoms with Crippen molar-refractivity contribution in [3.05, 3.63) is 71.2 Å². The average molecular weight is 368 g/mol. The third kappa shape index (κ3) is 3.45. The highest BCUT2D eigenvalue weighted by Crippen LogP contribution is 2.21. The number of H-pyrrole nitrogens is 1. The minimum atomic E-state index is -0.360. The Bertz CT molecular complexity index is 1050. The molecule has 0 saturated carbocycles.